The Hall–Kier alpha value is -1.16. The van der Waals surface area contributed by atoms with E-state index in [1.807, 2.05) is 13.2 Å². The first-order valence-electron chi connectivity index (χ1n) is 6.31. The summed E-state index contributed by atoms with van der Waals surface area (Å²) in [6.45, 7) is 2.68. The number of rotatable bonds is 3. The van der Waals surface area contributed by atoms with Gasteiger partial charge in [0.25, 0.3) is 0 Å². The number of carbonyl (C=O) groups excluding carboxylic acids is 1. The number of nitrogens with two attached hydrogens (primary N) is 1. The maximum atomic E-state index is 12.6. The van der Waals surface area contributed by atoms with Crippen LogP contribution in [0.2, 0.25) is 0 Å². The van der Waals surface area contributed by atoms with Gasteiger partial charge in [-0.2, -0.15) is 0 Å². The van der Waals surface area contributed by atoms with Crippen LogP contribution >= 0.6 is 0 Å². The number of hydrogen-bond donors (Lipinski definition) is 1. The summed E-state index contributed by atoms with van der Waals surface area (Å²) in [6, 6.07) is 0. The highest BCUT2D eigenvalue weighted by Gasteiger charge is 2.41. The molecule has 94 valence electrons. The molecule has 1 aliphatic rings. The molecule has 0 spiro atoms. The fraction of sp³-hybridized carbons (Fsp3) is 0.692. The van der Waals surface area contributed by atoms with Gasteiger partial charge in [-0.25, -0.2) is 4.98 Å². The SMILES string of the molecule is CC1CCC(CN)(C(=O)c2nccn2C)CC1. The molecule has 0 bridgehead atoms. The monoisotopic (exact) mass is 235 g/mol. The summed E-state index contributed by atoms with van der Waals surface area (Å²) in [5, 5.41) is 0. The first-order valence-corrected chi connectivity index (χ1v) is 6.31. The van der Waals surface area contributed by atoms with E-state index in [9.17, 15) is 4.79 Å². The number of ketones is 1. The largest absolute Gasteiger partial charge is 0.332 e. The third-order valence-corrected chi connectivity index (χ3v) is 4.13. The number of nitrogens with zero attached hydrogens (tertiary/aromatic N) is 2. The van der Waals surface area contributed by atoms with Crippen molar-refractivity contribution >= 4 is 5.78 Å². The Kier molecular flexibility index (Phi) is 3.33. The van der Waals surface area contributed by atoms with E-state index < -0.39 is 0 Å². The van der Waals surface area contributed by atoms with Gasteiger partial charge in [-0.3, -0.25) is 4.79 Å². The summed E-state index contributed by atoms with van der Waals surface area (Å²) in [6.07, 6.45) is 7.46. The van der Waals surface area contributed by atoms with Gasteiger partial charge in [-0.1, -0.05) is 6.92 Å². The number of aromatic nitrogens is 2. The van der Waals surface area contributed by atoms with E-state index >= 15 is 0 Å². The molecule has 1 saturated carbocycles. The molecule has 1 fully saturated rings. The predicted molar refractivity (Wildman–Crippen MR) is 66.7 cm³/mol. The van der Waals surface area contributed by atoms with E-state index in [2.05, 4.69) is 11.9 Å². The summed E-state index contributed by atoms with van der Waals surface area (Å²) in [5.74, 6) is 1.38. The molecular formula is C13H21N3O. The van der Waals surface area contributed by atoms with Gasteiger partial charge in [0.15, 0.2) is 5.82 Å². The second-order valence-electron chi connectivity index (χ2n) is 5.36. The third kappa shape index (κ3) is 2.14. The van der Waals surface area contributed by atoms with Crippen LogP contribution in [-0.2, 0) is 7.05 Å². The normalized spacial score (nSPS) is 29.2. The molecule has 4 nitrogen and oxygen atoms in total. The molecule has 0 saturated heterocycles. The Morgan fingerprint density at radius 3 is 2.71 bits per heavy atom. The van der Waals surface area contributed by atoms with Crippen molar-refractivity contribution in [2.45, 2.75) is 32.6 Å². The highest BCUT2D eigenvalue weighted by molar-refractivity contribution is 5.97. The molecule has 0 atom stereocenters. The van der Waals surface area contributed by atoms with Crippen molar-refractivity contribution in [3.63, 3.8) is 0 Å². The van der Waals surface area contributed by atoms with Gasteiger partial charge in [0, 0.05) is 31.4 Å². The van der Waals surface area contributed by atoms with Crippen LogP contribution < -0.4 is 5.73 Å². The number of hydrogen-bond acceptors (Lipinski definition) is 3. The first kappa shape index (κ1) is 12.3. The predicted octanol–water partition coefficient (Wildman–Crippen LogP) is 1.76. The molecule has 0 amide bonds. The second-order valence-corrected chi connectivity index (χ2v) is 5.36. The zero-order chi connectivity index (χ0) is 12.5. The van der Waals surface area contributed by atoms with Gasteiger partial charge in [0.05, 0.1) is 0 Å². The van der Waals surface area contributed by atoms with Crippen LogP contribution in [-0.4, -0.2) is 21.9 Å². The van der Waals surface area contributed by atoms with Crippen molar-refractivity contribution in [3.05, 3.63) is 18.2 Å². The average Bonchev–Trinajstić information content (AvgIpc) is 2.76. The Labute approximate surface area is 102 Å². The average molecular weight is 235 g/mol. The minimum absolute atomic E-state index is 0.124. The summed E-state index contributed by atoms with van der Waals surface area (Å²) in [7, 11) is 1.86. The lowest BCUT2D eigenvalue weighted by Gasteiger charge is -2.36. The molecule has 0 radical (unpaired) electrons. The molecule has 2 N–H and O–H groups in total. The van der Waals surface area contributed by atoms with E-state index in [0.29, 0.717) is 18.3 Å². The third-order valence-electron chi connectivity index (χ3n) is 4.13. The molecule has 1 aromatic heterocycles. The van der Waals surface area contributed by atoms with Crippen molar-refractivity contribution in [3.8, 4) is 0 Å². The van der Waals surface area contributed by atoms with Crippen molar-refractivity contribution < 1.29 is 4.79 Å². The number of carbonyl (C=O) groups is 1. The zero-order valence-corrected chi connectivity index (χ0v) is 10.6. The first-order chi connectivity index (χ1) is 8.09. The highest BCUT2D eigenvalue weighted by Crippen LogP contribution is 2.40. The van der Waals surface area contributed by atoms with Crippen LogP contribution in [0.25, 0.3) is 0 Å². The fourth-order valence-corrected chi connectivity index (χ4v) is 2.66. The molecule has 0 aliphatic heterocycles. The molecule has 0 aromatic carbocycles. The van der Waals surface area contributed by atoms with Gasteiger partial charge in [0.2, 0.25) is 5.78 Å². The lowest BCUT2D eigenvalue weighted by molar-refractivity contribution is 0.0680. The van der Waals surface area contributed by atoms with Crippen LogP contribution in [0.15, 0.2) is 12.4 Å². The smallest absolute Gasteiger partial charge is 0.205 e. The molecule has 1 aliphatic carbocycles. The van der Waals surface area contributed by atoms with Crippen LogP contribution in [0.1, 0.15) is 43.2 Å². The fourth-order valence-electron chi connectivity index (χ4n) is 2.66. The summed E-state index contributed by atoms with van der Waals surface area (Å²) in [5.41, 5.74) is 5.51. The Balaban J connectivity index is 2.24. The van der Waals surface area contributed by atoms with E-state index in [-0.39, 0.29) is 11.2 Å². The van der Waals surface area contributed by atoms with Gasteiger partial charge < -0.3 is 10.3 Å². The van der Waals surface area contributed by atoms with Gasteiger partial charge in [-0.05, 0) is 31.6 Å². The van der Waals surface area contributed by atoms with Crippen LogP contribution in [0.5, 0.6) is 0 Å². The highest BCUT2D eigenvalue weighted by atomic mass is 16.1. The van der Waals surface area contributed by atoms with E-state index in [1.165, 1.54) is 0 Å². The minimum atomic E-state index is -0.369. The summed E-state index contributed by atoms with van der Waals surface area (Å²) in [4.78, 5) is 16.7. The van der Waals surface area contributed by atoms with E-state index in [1.54, 1.807) is 10.8 Å². The topological polar surface area (TPSA) is 60.9 Å². The van der Waals surface area contributed by atoms with Gasteiger partial charge in [0.1, 0.15) is 0 Å². The van der Waals surface area contributed by atoms with Crippen molar-refractivity contribution in [2.75, 3.05) is 6.54 Å². The minimum Gasteiger partial charge on any atom is -0.332 e. The van der Waals surface area contributed by atoms with E-state index in [4.69, 9.17) is 5.73 Å². The number of imidazole rings is 1. The molecule has 0 unspecified atom stereocenters. The van der Waals surface area contributed by atoms with Crippen LogP contribution in [0.4, 0.5) is 0 Å². The van der Waals surface area contributed by atoms with Gasteiger partial charge >= 0.3 is 0 Å². The molecular weight excluding hydrogens is 214 g/mol. The molecule has 1 heterocycles. The molecule has 4 heteroatoms. The standard InChI is InChI=1S/C13H21N3O/c1-10-3-5-13(9-14,6-4-10)11(17)12-15-7-8-16(12)2/h7-8,10H,3-6,9,14H2,1-2H3. The summed E-state index contributed by atoms with van der Waals surface area (Å²) < 4.78 is 1.79. The molecule has 1 aromatic rings. The maximum absolute atomic E-state index is 12.6. The maximum Gasteiger partial charge on any atom is 0.205 e. The Morgan fingerprint density at radius 1 is 1.59 bits per heavy atom. The molecule has 2 rings (SSSR count). The van der Waals surface area contributed by atoms with E-state index in [0.717, 1.165) is 25.7 Å². The van der Waals surface area contributed by atoms with Crippen LogP contribution in [0.3, 0.4) is 0 Å². The zero-order valence-electron chi connectivity index (χ0n) is 10.6. The quantitative estimate of drug-likeness (QED) is 0.812. The lowest BCUT2D eigenvalue weighted by atomic mass is 9.68. The van der Waals surface area contributed by atoms with Crippen molar-refractivity contribution in [2.24, 2.45) is 24.1 Å². The Morgan fingerprint density at radius 2 is 2.24 bits per heavy atom. The Bertz CT molecular complexity index is 403. The lowest BCUT2D eigenvalue weighted by Crippen LogP contribution is -2.42. The molecule has 17 heavy (non-hydrogen) atoms. The van der Waals surface area contributed by atoms with Crippen LogP contribution in [0, 0.1) is 11.3 Å². The van der Waals surface area contributed by atoms with Gasteiger partial charge in [-0.15, -0.1) is 0 Å². The second kappa shape index (κ2) is 4.61. The number of aryl methyl sites for hydroxylation is 1. The summed E-state index contributed by atoms with van der Waals surface area (Å²) >= 11 is 0. The van der Waals surface area contributed by atoms with Crippen molar-refractivity contribution in [1.29, 1.82) is 0 Å². The van der Waals surface area contributed by atoms with Crippen molar-refractivity contribution in [1.82, 2.24) is 9.55 Å². The number of Topliss-reactive ketones (excluding diaryl/α,β-unsaturated/α-hetero) is 1.